The molecule has 0 aliphatic rings. The number of nitrogens with two attached hydrogens (primary N) is 2. The van der Waals surface area contributed by atoms with Gasteiger partial charge in [0.2, 0.25) is 0 Å². The molecule has 0 atom stereocenters. The Hall–Kier alpha value is -14.2. The van der Waals surface area contributed by atoms with Crippen molar-refractivity contribution in [1.29, 1.82) is 0 Å². The zero-order chi connectivity index (χ0) is 106. The Balaban J connectivity index is 0.000000255. The van der Waals surface area contributed by atoms with E-state index in [1.807, 2.05) is 50.2 Å². The van der Waals surface area contributed by atoms with Gasteiger partial charge in [-0.2, -0.15) is 0 Å². The number of aliphatic hydroxyl groups is 1. The number of nitro benzene ring substituents is 2. The van der Waals surface area contributed by atoms with Crippen molar-refractivity contribution in [2.75, 3.05) is 98.5 Å². The Bertz CT molecular complexity index is 7910. The summed E-state index contributed by atoms with van der Waals surface area (Å²) >= 11 is 58.1. The van der Waals surface area contributed by atoms with Crippen LogP contribution in [-0.4, -0.2) is 130 Å². The number of methoxy groups -OCH3 is 9. The molecule has 0 spiro atoms. The van der Waals surface area contributed by atoms with E-state index in [1.165, 1.54) is 107 Å². The summed E-state index contributed by atoms with van der Waals surface area (Å²) in [5.41, 5.74) is 21.0. The molecule has 0 aliphatic carbocycles. The molecule has 8 N–H and O–H groups in total. The smallest absolute Gasteiger partial charge is 0.295 e. The molecule has 44 heteroatoms. The molecule has 0 unspecified atom stereocenters. The average molecular weight is 2280 g/mol. The van der Waals surface area contributed by atoms with Gasteiger partial charge in [-0.3, -0.25) is 44.2 Å². The van der Waals surface area contributed by atoms with E-state index in [-0.39, 0.29) is 145 Å². The summed E-state index contributed by atoms with van der Waals surface area (Å²) in [6, 6.07) is 40.4. The number of nitrogens with zero attached hydrogens (tertiary/aromatic N) is 10. The molecule has 0 amide bonds. The van der Waals surface area contributed by atoms with E-state index in [9.17, 15) is 44.2 Å². The molecular formula is C103H101Cl9N15O19Pd-. The summed E-state index contributed by atoms with van der Waals surface area (Å²) in [4.78, 5) is 103. The first-order valence-electron chi connectivity index (χ1n) is 42.4. The van der Waals surface area contributed by atoms with Crippen LogP contribution in [-0.2, 0) is 59.8 Å². The summed E-state index contributed by atoms with van der Waals surface area (Å²) < 4.78 is 53.3. The Labute approximate surface area is 903 Å². The van der Waals surface area contributed by atoms with Crippen molar-refractivity contribution in [3.05, 3.63) is 320 Å². The molecule has 16 rings (SSSR count). The number of rotatable bonds is 24. The van der Waals surface area contributed by atoms with E-state index in [0.717, 1.165) is 45.9 Å². The first-order chi connectivity index (χ1) is 68.7. The zero-order valence-electron chi connectivity index (χ0n) is 81.3. The van der Waals surface area contributed by atoms with Gasteiger partial charge in [0, 0.05) is 192 Å². The van der Waals surface area contributed by atoms with Gasteiger partial charge in [-0.15, -0.1) is 0 Å². The first-order valence-corrected chi connectivity index (χ1v) is 45.8. The van der Waals surface area contributed by atoms with Crippen LogP contribution in [0.4, 0.5) is 57.3 Å². The first kappa shape index (κ1) is 118. The molecule has 16 aromatic rings. The number of hydrogen-bond acceptors (Lipinski definition) is 28. The fourth-order valence-electron chi connectivity index (χ4n) is 15.2. The second kappa shape index (κ2) is 51.8. The standard InChI is InChI=1S/C28H25Cl2N3O4.C24H20Cl2N4O5.C24H22Cl2N4O3.C17H13Cl3N2O3.C7H8N2O3.CH4O.CH4.CH3.Pd.H2/c1-6-18(34)10-16-9-7-8-15(2)27(16)32-23-12-20-17(14-31-23)11-19(28(35)33(20)3)24-25(29)21(36-4)13-22(37-5)26(24)30;1-12-6-5-7-15(30(32)33)23(12)28-19-9-16-13(11-27-19)8-14(24(31)29(16)2)20-21(25)17(34-3)10-18(35-4)22(20)26;1-12-6-5-7-15(27)23(12)29-19-9-16-13(11-28-19)8-14(24(31)30(16)2)20-21(25)17(32-3)10-18(33-4)22(20)26;1-22-10-5-13(18)21-7-8(10)4-9(17(22)23)14-15(19)11(24-2)6-12(25-3)16(14)20;1-12-6-4-2-3-5(7(6)8)9(10)11;1-2;;;;/h6-9,11-14H,1,10H2,2-5H3,(H,31,32);5-11H,1-4H3,(H,27,28);5-11H,27H2,1-4H3,(H,28,29);4-7H,1-3H3;2-4H,8H2,1H3;2H,1H3;1H4;1H3;;1H/q;;;;;;;-1;;. The fourth-order valence-corrected chi connectivity index (χ4v) is 18.2. The zero-order valence-corrected chi connectivity index (χ0v) is 89.7. The Kier molecular flexibility index (Phi) is 41.6. The number of allylic oxidation sites excluding steroid dienone is 1. The number of carbonyl (C=O) groups is 1. The normalized spacial score (nSPS) is 10.5. The van der Waals surface area contributed by atoms with Crippen LogP contribution in [0, 0.1) is 48.4 Å². The number of nitrogen functional groups attached to an aromatic ring is 2. The van der Waals surface area contributed by atoms with Crippen molar-refractivity contribution in [2.24, 2.45) is 28.2 Å². The number of pyridine rings is 8. The van der Waals surface area contributed by atoms with E-state index in [0.29, 0.717) is 152 Å². The van der Waals surface area contributed by atoms with Gasteiger partial charge in [0.25, 0.3) is 33.6 Å². The van der Waals surface area contributed by atoms with Gasteiger partial charge in [-0.1, -0.05) is 167 Å². The predicted molar refractivity (Wildman–Crippen MR) is 588 cm³/mol. The van der Waals surface area contributed by atoms with Crippen LogP contribution in [0.2, 0.25) is 45.3 Å². The molecule has 776 valence electrons. The average Bonchev–Trinajstić information content (AvgIpc) is 0.761. The molecule has 0 bridgehead atoms. The van der Waals surface area contributed by atoms with Gasteiger partial charge in [-0.05, 0) is 91.6 Å². The largest absolute Gasteiger partial charge is 0.495 e. The summed E-state index contributed by atoms with van der Waals surface area (Å²) in [6.07, 6.45) is 8.00. The molecule has 0 aliphatic heterocycles. The second-order valence-corrected chi connectivity index (χ2v) is 34.4. The minimum atomic E-state index is -0.544. The maximum Gasteiger partial charge on any atom is 0.295 e. The molecular weight excluding hydrogens is 2180 g/mol. The number of aryl methyl sites for hydroxylation is 7. The molecule has 0 saturated carbocycles. The summed E-state index contributed by atoms with van der Waals surface area (Å²) in [7, 11) is 20.8. The molecule has 0 saturated heterocycles. The van der Waals surface area contributed by atoms with Crippen molar-refractivity contribution in [2.45, 2.75) is 34.6 Å². The molecule has 8 aromatic heterocycles. The molecule has 147 heavy (non-hydrogen) atoms. The number of ether oxygens (including phenoxy) is 9. The van der Waals surface area contributed by atoms with Gasteiger partial charge in [0.1, 0.15) is 80.0 Å². The second-order valence-electron chi connectivity index (χ2n) is 31.0. The number of carbonyl (C=O) groups excluding carboxylic acids is 1. The molecule has 8 aromatic carbocycles. The van der Waals surface area contributed by atoms with E-state index >= 15 is 0 Å². The monoisotopic (exact) mass is 2270 g/mol. The Morgan fingerprint density at radius 1 is 0.401 bits per heavy atom. The maximum absolute atomic E-state index is 13.5. The van der Waals surface area contributed by atoms with Crippen molar-refractivity contribution in [1.82, 2.24) is 38.2 Å². The van der Waals surface area contributed by atoms with Crippen LogP contribution in [0.15, 0.2) is 202 Å². The summed E-state index contributed by atoms with van der Waals surface area (Å²) in [6.45, 7) is 9.22. The number of nitrogens with one attached hydrogen (secondary N) is 3. The number of anilines is 8. The van der Waals surface area contributed by atoms with Gasteiger partial charge < -0.3 is 101 Å². The van der Waals surface area contributed by atoms with E-state index in [4.69, 9.17) is 164 Å². The van der Waals surface area contributed by atoms with E-state index in [2.05, 4.69) is 42.5 Å². The number of hydrogen-bond donors (Lipinski definition) is 6. The van der Waals surface area contributed by atoms with E-state index in [1.54, 1.807) is 151 Å². The van der Waals surface area contributed by atoms with Crippen molar-refractivity contribution in [3.63, 3.8) is 0 Å². The molecule has 34 nitrogen and oxygen atoms in total. The van der Waals surface area contributed by atoms with Gasteiger partial charge in [0.05, 0.1) is 170 Å². The SMILES string of the molecule is C.C=CC(=O)Cc1cccc(C)c1Nc1cc2c(cn1)cc(-c1c(Cl)c(OC)cc(OC)c1Cl)c(=O)n2C.CO.COc1cc(OC)c(Cl)c(-c2cc3cnc(Cl)cc3n(C)c2=O)c1Cl.COc1cc(OC)c(Cl)c(-c2cc3cnc(Nc4c(C)cccc4N)cc3n(C)c2=O)c1Cl.COc1cc(OC)c(Cl)c(-c2cc3cnc(Nc4c(C)cccc4[N+](=O)[O-])cc3n(C)c2=O)c1Cl.COc1cccc([N+](=O)[O-])c1N.[CH3-].[HH].[Pd]. The number of aliphatic hydroxyl groups excluding tert-OH is 1. The van der Waals surface area contributed by atoms with Crippen LogP contribution in [0.1, 0.15) is 31.1 Å². The Morgan fingerprint density at radius 3 is 0.973 bits per heavy atom. The summed E-state index contributed by atoms with van der Waals surface area (Å²) in [5.74, 6) is 4.37. The maximum atomic E-state index is 13.5. The minimum Gasteiger partial charge on any atom is -0.495 e. The van der Waals surface area contributed by atoms with Crippen LogP contribution in [0.25, 0.3) is 88.1 Å². The predicted octanol–water partition coefficient (Wildman–Crippen LogP) is 24.4. The molecule has 8 heterocycles. The quantitative estimate of drug-likeness (QED) is 0.00622. The number of aromatic nitrogens is 8. The van der Waals surface area contributed by atoms with Gasteiger partial charge in [0.15, 0.2) is 11.5 Å². The summed E-state index contributed by atoms with van der Waals surface area (Å²) in [5, 5.41) is 43.1. The third-order valence-corrected chi connectivity index (χ3v) is 25.9. The Morgan fingerprint density at radius 2 is 0.667 bits per heavy atom. The van der Waals surface area contributed by atoms with Crippen molar-refractivity contribution >= 4 is 211 Å². The van der Waals surface area contributed by atoms with Crippen molar-refractivity contribution < 1.29 is 84.2 Å². The minimum absolute atomic E-state index is 0. The topological polar surface area (TPSA) is 434 Å². The van der Waals surface area contributed by atoms with Crippen LogP contribution in [0.3, 0.4) is 0 Å². The molecule has 0 radical (unpaired) electrons. The van der Waals surface area contributed by atoms with Crippen LogP contribution >= 0.6 is 104 Å². The third-order valence-electron chi connectivity index (χ3n) is 22.7. The number of benzene rings is 8. The van der Waals surface area contributed by atoms with Gasteiger partial charge in [-0.25, -0.2) is 19.9 Å². The van der Waals surface area contributed by atoms with Crippen LogP contribution in [0.5, 0.6) is 51.7 Å². The number of fused-ring (bicyclic) bond motifs is 4. The molecule has 0 fully saturated rings. The number of para-hydroxylation sites is 4. The third kappa shape index (κ3) is 25.1. The fraction of sp³-hybridized carbons (Fsp3) is 0.184. The number of ketones is 1. The van der Waals surface area contributed by atoms with Crippen molar-refractivity contribution in [3.8, 4) is 96.3 Å². The van der Waals surface area contributed by atoms with Gasteiger partial charge >= 0.3 is 0 Å². The number of halogens is 9. The number of nitro groups is 2. The van der Waals surface area contributed by atoms with Crippen LogP contribution < -0.4 is 92.3 Å². The van der Waals surface area contributed by atoms with E-state index < -0.39 is 9.85 Å².